The Kier molecular flexibility index (Phi) is 5.84. The Morgan fingerprint density at radius 3 is 2.71 bits per heavy atom. The molecule has 0 unspecified atom stereocenters. The standard InChI is InChI=1S/C30H30N4O4/c1-30(2,29(35)36)18-31-15-19-13-24-28(32-16-19)25(17-33(24)3)34-10-9-22-21(5-4-6-23(22)34)20-7-8-26-27(14-20)38-12-11-37-26/h4-10,13-14,16-17,31H,11-12,15,18H2,1-3H3,(H,35,36). The third-order valence-electron chi connectivity index (χ3n) is 7.18. The molecule has 0 bridgehead atoms. The Balaban J connectivity index is 1.33. The lowest BCUT2D eigenvalue weighted by atomic mass is 9.94. The van der Waals surface area contributed by atoms with Crippen molar-refractivity contribution in [1.82, 2.24) is 19.4 Å². The first kappa shape index (κ1) is 24.1. The van der Waals surface area contributed by atoms with Crippen molar-refractivity contribution in [3.05, 3.63) is 72.7 Å². The van der Waals surface area contributed by atoms with Crippen molar-refractivity contribution in [1.29, 1.82) is 0 Å². The Morgan fingerprint density at radius 1 is 1.08 bits per heavy atom. The number of hydrogen-bond donors (Lipinski definition) is 2. The number of ether oxygens (including phenoxy) is 2. The van der Waals surface area contributed by atoms with Crippen LogP contribution in [0.25, 0.3) is 38.8 Å². The summed E-state index contributed by atoms with van der Waals surface area (Å²) < 4.78 is 15.8. The molecule has 8 heteroatoms. The van der Waals surface area contributed by atoms with E-state index in [1.807, 2.05) is 25.4 Å². The number of aromatic nitrogens is 3. The van der Waals surface area contributed by atoms with Gasteiger partial charge in [-0.3, -0.25) is 9.78 Å². The van der Waals surface area contributed by atoms with Crippen LogP contribution in [0.4, 0.5) is 0 Å². The van der Waals surface area contributed by atoms with Crippen LogP contribution in [0.2, 0.25) is 0 Å². The van der Waals surface area contributed by atoms with Crippen LogP contribution in [-0.4, -0.2) is 45.0 Å². The summed E-state index contributed by atoms with van der Waals surface area (Å²) in [4.78, 5) is 16.2. The van der Waals surface area contributed by atoms with E-state index in [0.29, 0.717) is 26.3 Å². The number of carboxylic acid groups (broad SMARTS) is 1. The highest BCUT2D eigenvalue weighted by Crippen LogP contribution is 2.38. The summed E-state index contributed by atoms with van der Waals surface area (Å²) in [6.45, 7) is 5.49. The molecule has 0 saturated carbocycles. The number of benzene rings is 2. The fraction of sp³-hybridized carbons (Fsp3) is 0.267. The number of carboxylic acids is 1. The van der Waals surface area contributed by atoms with Gasteiger partial charge in [0.25, 0.3) is 0 Å². The van der Waals surface area contributed by atoms with Gasteiger partial charge >= 0.3 is 5.97 Å². The highest BCUT2D eigenvalue weighted by molar-refractivity contribution is 5.98. The SMILES string of the molecule is Cn1cc(-n2ccc3c(-c4ccc5c(c4)OCCO5)cccc32)c2ncc(CNCC(C)(C)C(=O)O)cc21. The van der Waals surface area contributed by atoms with E-state index in [1.54, 1.807) is 13.8 Å². The zero-order valence-corrected chi connectivity index (χ0v) is 21.7. The molecular formula is C30H30N4O4. The lowest BCUT2D eigenvalue weighted by Gasteiger charge is -2.19. The predicted molar refractivity (Wildman–Crippen MR) is 147 cm³/mol. The van der Waals surface area contributed by atoms with Crippen molar-refractivity contribution in [3.63, 3.8) is 0 Å². The smallest absolute Gasteiger partial charge is 0.310 e. The Bertz CT molecular complexity index is 1680. The van der Waals surface area contributed by atoms with E-state index in [4.69, 9.17) is 14.5 Å². The normalized spacial score (nSPS) is 13.3. The first-order valence-electron chi connectivity index (χ1n) is 12.7. The average Bonchev–Trinajstić information content (AvgIpc) is 3.49. The number of rotatable bonds is 7. The Morgan fingerprint density at radius 2 is 1.89 bits per heavy atom. The zero-order valence-electron chi connectivity index (χ0n) is 21.7. The molecule has 3 aromatic heterocycles. The topological polar surface area (TPSA) is 90.5 Å². The van der Waals surface area contributed by atoms with Crippen LogP contribution < -0.4 is 14.8 Å². The number of nitrogens with zero attached hydrogens (tertiary/aromatic N) is 3. The average molecular weight is 511 g/mol. The molecule has 0 amide bonds. The second kappa shape index (κ2) is 9.22. The number of fused-ring (bicyclic) bond motifs is 3. The second-order valence-electron chi connectivity index (χ2n) is 10.4. The lowest BCUT2D eigenvalue weighted by molar-refractivity contribution is -0.146. The number of nitrogens with one attached hydrogen (secondary N) is 1. The number of carbonyl (C=O) groups is 1. The van der Waals surface area contributed by atoms with Crippen LogP contribution in [0.15, 0.2) is 67.1 Å². The molecule has 0 radical (unpaired) electrons. The van der Waals surface area contributed by atoms with Crippen molar-refractivity contribution in [2.45, 2.75) is 20.4 Å². The van der Waals surface area contributed by atoms with E-state index in [2.05, 4.69) is 63.2 Å². The summed E-state index contributed by atoms with van der Waals surface area (Å²) in [7, 11) is 2.02. The summed E-state index contributed by atoms with van der Waals surface area (Å²) in [5.41, 5.74) is 6.40. The summed E-state index contributed by atoms with van der Waals surface area (Å²) in [6, 6.07) is 16.7. The van der Waals surface area contributed by atoms with Crippen LogP contribution >= 0.6 is 0 Å². The van der Waals surface area contributed by atoms with Crippen LogP contribution in [0.5, 0.6) is 11.5 Å². The van der Waals surface area contributed by atoms with Gasteiger partial charge in [0.1, 0.15) is 18.7 Å². The third kappa shape index (κ3) is 4.16. The van der Waals surface area contributed by atoms with Crippen molar-refractivity contribution < 1.29 is 19.4 Å². The Labute approximate surface area is 220 Å². The fourth-order valence-corrected chi connectivity index (χ4v) is 4.98. The van der Waals surface area contributed by atoms with Crippen LogP contribution in [0, 0.1) is 5.41 Å². The van der Waals surface area contributed by atoms with Gasteiger partial charge in [0.15, 0.2) is 11.5 Å². The number of hydrogen-bond acceptors (Lipinski definition) is 5. The molecule has 8 nitrogen and oxygen atoms in total. The van der Waals surface area contributed by atoms with Crippen LogP contribution in [0.1, 0.15) is 19.4 Å². The van der Waals surface area contributed by atoms with Gasteiger partial charge in [-0.1, -0.05) is 18.2 Å². The highest BCUT2D eigenvalue weighted by Gasteiger charge is 2.26. The molecule has 194 valence electrons. The second-order valence-corrected chi connectivity index (χ2v) is 10.4. The van der Waals surface area contributed by atoms with Gasteiger partial charge in [-0.05, 0) is 60.9 Å². The maximum absolute atomic E-state index is 11.4. The molecule has 0 saturated heterocycles. The van der Waals surface area contributed by atoms with Crippen LogP contribution in [-0.2, 0) is 18.4 Å². The quantitative estimate of drug-likeness (QED) is 0.315. The van der Waals surface area contributed by atoms with Gasteiger partial charge in [0, 0.05) is 44.1 Å². The van der Waals surface area contributed by atoms with Gasteiger partial charge in [0.2, 0.25) is 0 Å². The van der Waals surface area contributed by atoms with Gasteiger partial charge in [-0.25, -0.2) is 0 Å². The van der Waals surface area contributed by atoms with Crippen molar-refractivity contribution in [2.75, 3.05) is 19.8 Å². The summed E-state index contributed by atoms with van der Waals surface area (Å²) in [6.07, 6.45) is 6.05. The monoisotopic (exact) mass is 510 g/mol. The summed E-state index contributed by atoms with van der Waals surface area (Å²) in [5.74, 6) is 0.744. The highest BCUT2D eigenvalue weighted by atomic mass is 16.6. The fourth-order valence-electron chi connectivity index (χ4n) is 4.98. The maximum atomic E-state index is 11.4. The molecule has 4 heterocycles. The first-order valence-corrected chi connectivity index (χ1v) is 12.7. The van der Waals surface area contributed by atoms with Gasteiger partial charge in [0.05, 0.1) is 22.1 Å². The number of aliphatic carboxylic acids is 1. The zero-order chi connectivity index (χ0) is 26.4. The van der Waals surface area contributed by atoms with Gasteiger partial charge in [-0.15, -0.1) is 0 Å². The lowest BCUT2D eigenvalue weighted by Crippen LogP contribution is -2.35. The number of pyridine rings is 1. The summed E-state index contributed by atoms with van der Waals surface area (Å²) in [5, 5.41) is 13.7. The molecule has 1 aliphatic rings. The van der Waals surface area contributed by atoms with Crippen LogP contribution in [0.3, 0.4) is 0 Å². The molecule has 38 heavy (non-hydrogen) atoms. The van der Waals surface area contributed by atoms with E-state index in [9.17, 15) is 9.90 Å². The minimum Gasteiger partial charge on any atom is -0.486 e. The molecule has 1 aliphatic heterocycles. The van der Waals surface area contributed by atoms with Crippen molar-refractivity contribution in [2.24, 2.45) is 12.5 Å². The molecule has 0 atom stereocenters. The third-order valence-corrected chi connectivity index (χ3v) is 7.18. The molecule has 5 aromatic rings. The van der Waals surface area contributed by atoms with Crippen molar-refractivity contribution in [3.8, 4) is 28.3 Å². The first-order chi connectivity index (χ1) is 18.3. The molecule has 2 aromatic carbocycles. The molecule has 2 N–H and O–H groups in total. The van der Waals surface area contributed by atoms with E-state index >= 15 is 0 Å². The minimum absolute atomic E-state index is 0.375. The largest absolute Gasteiger partial charge is 0.486 e. The molecule has 0 spiro atoms. The van der Waals surface area contributed by atoms with E-state index in [0.717, 1.165) is 55.8 Å². The number of aryl methyl sites for hydroxylation is 1. The Hall–Kier alpha value is -4.30. The van der Waals surface area contributed by atoms with Crippen molar-refractivity contribution >= 4 is 27.9 Å². The molecule has 6 rings (SSSR count). The molecule has 0 aliphatic carbocycles. The van der Waals surface area contributed by atoms with E-state index in [-0.39, 0.29) is 0 Å². The predicted octanol–water partition coefficient (Wildman–Crippen LogP) is 5.16. The summed E-state index contributed by atoms with van der Waals surface area (Å²) >= 11 is 0. The maximum Gasteiger partial charge on any atom is 0.310 e. The minimum atomic E-state index is -0.829. The molecule has 0 fully saturated rings. The molecular weight excluding hydrogens is 480 g/mol. The van der Waals surface area contributed by atoms with E-state index < -0.39 is 11.4 Å². The van der Waals surface area contributed by atoms with E-state index in [1.165, 1.54) is 0 Å². The van der Waals surface area contributed by atoms with Gasteiger partial charge < -0.3 is 29.0 Å². The van der Waals surface area contributed by atoms with Gasteiger partial charge in [-0.2, -0.15) is 0 Å².